The molecule has 10 heteroatoms. The SMILES string of the molecule is O=C(CN(Cc1ccc(OCc2ccccc2)cc1)C(=O)[C@H](Cc1c[nH]cn1)NC(=O)SCc1ccccc1)NCC1(c2ccccc2)CCC1. The number of benzene rings is 4. The summed E-state index contributed by atoms with van der Waals surface area (Å²) < 4.78 is 5.97. The molecule has 1 atom stereocenters. The fourth-order valence-corrected chi connectivity index (χ4v) is 6.98. The number of amides is 3. The van der Waals surface area contributed by atoms with Crippen LogP contribution in [-0.2, 0) is 40.3 Å². The summed E-state index contributed by atoms with van der Waals surface area (Å²) in [6, 6.07) is 36.5. The largest absolute Gasteiger partial charge is 0.489 e. The van der Waals surface area contributed by atoms with Crippen molar-refractivity contribution in [3.05, 3.63) is 156 Å². The Morgan fingerprint density at radius 3 is 2.14 bits per heavy atom. The van der Waals surface area contributed by atoms with E-state index in [0.29, 0.717) is 30.3 Å². The number of aromatic nitrogens is 2. The van der Waals surface area contributed by atoms with Gasteiger partial charge in [-0.25, -0.2) is 4.98 Å². The lowest BCUT2D eigenvalue weighted by molar-refractivity contribution is -0.138. The molecule has 0 unspecified atom stereocenters. The van der Waals surface area contributed by atoms with E-state index >= 15 is 0 Å². The van der Waals surface area contributed by atoms with Crippen molar-refractivity contribution in [3.63, 3.8) is 0 Å². The van der Waals surface area contributed by atoms with Gasteiger partial charge < -0.3 is 25.3 Å². The van der Waals surface area contributed by atoms with E-state index in [0.717, 1.165) is 47.7 Å². The van der Waals surface area contributed by atoms with Crippen LogP contribution in [-0.4, -0.2) is 51.1 Å². The number of nitrogens with zero attached hydrogens (tertiary/aromatic N) is 2. The lowest BCUT2D eigenvalue weighted by Crippen LogP contribution is -2.52. The van der Waals surface area contributed by atoms with Gasteiger partial charge in [-0.1, -0.05) is 121 Å². The molecule has 0 spiro atoms. The van der Waals surface area contributed by atoms with Crippen LogP contribution in [0.4, 0.5) is 4.79 Å². The van der Waals surface area contributed by atoms with E-state index < -0.39 is 6.04 Å². The number of carbonyl (C=O) groups is 3. The smallest absolute Gasteiger partial charge is 0.280 e. The zero-order chi connectivity index (χ0) is 35.3. The Balaban J connectivity index is 1.17. The van der Waals surface area contributed by atoms with Gasteiger partial charge in [0.1, 0.15) is 18.4 Å². The van der Waals surface area contributed by atoms with Gasteiger partial charge in [0.25, 0.3) is 5.24 Å². The first-order valence-corrected chi connectivity index (χ1v) is 18.3. The third-order valence-electron chi connectivity index (χ3n) is 9.28. The van der Waals surface area contributed by atoms with Crippen molar-refractivity contribution >= 4 is 28.8 Å². The van der Waals surface area contributed by atoms with Gasteiger partial charge in [-0.15, -0.1) is 0 Å². The minimum absolute atomic E-state index is 0.103. The molecule has 1 aromatic heterocycles. The van der Waals surface area contributed by atoms with Crippen molar-refractivity contribution in [2.24, 2.45) is 0 Å². The van der Waals surface area contributed by atoms with Crippen molar-refractivity contribution in [2.45, 2.75) is 56.0 Å². The van der Waals surface area contributed by atoms with E-state index in [2.05, 4.69) is 32.7 Å². The third-order valence-corrected chi connectivity index (χ3v) is 10.1. The van der Waals surface area contributed by atoms with Gasteiger partial charge in [-0.3, -0.25) is 14.4 Å². The summed E-state index contributed by atoms with van der Waals surface area (Å²) in [7, 11) is 0. The number of imidazole rings is 1. The molecule has 1 heterocycles. The molecule has 1 aliphatic rings. The summed E-state index contributed by atoms with van der Waals surface area (Å²) >= 11 is 1.10. The van der Waals surface area contributed by atoms with Crippen molar-refractivity contribution < 1.29 is 19.1 Å². The number of aromatic amines is 1. The second kappa shape index (κ2) is 17.5. The molecule has 0 radical (unpaired) electrons. The first kappa shape index (κ1) is 35.5. The highest BCUT2D eigenvalue weighted by Gasteiger charge is 2.39. The summed E-state index contributed by atoms with van der Waals surface area (Å²) in [5.41, 5.74) is 4.63. The fraction of sp³-hybridized carbons (Fsp3) is 0.268. The maximum atomic E-state index is 14.4. The summed E-state index contributed by atoms with van der Waals surface area (Å²) in [6.45, 7) is 0.931. The maximum absolute atomic E-state index is 14.4. The molecule has 262 valence electrons. The Morgan fingerprint density at radius 2 is 1.51 bits per heavy atom. The average Bonchev–Trinajstić information content (AvgIpc) is 3.67. The van der Waals surface area contributed by atoms with Crippen LogP contribution >= 0.6 is 11.8 Å². The minimum atomic E-state index is -0.937. The lowest BCUT2D eigenvalue weighted by Gasteiger charge is -2.42. The molecular weight excluding hydrogens is 659 g/mol. The number of ether oxygens (including phenoxy) is 1. The molecule has 9 nitrogen and oxygen atoms in total. The molecule has 3 amide bonds. The average molecular weight is 702 g/mol. The van der Waals surface area contributed by atoms with E-state index in [-0.39, 0.29) is 42.0 Å². The van der Waals surface area contributed by atoms with Crippen LogP contribution in [0.1, 0.15) is 47.2 Å². The molecule has 1 saturated carbocycles. The molecule has 0 bridgehead atoms. The number of rotatable bonds is 16. The predicted octanol–water partition coefficient (Wildman–Crippen LogP) is 6.81. The monoisotopic (exact) mass is 701 g/mol. The Labute approximate surface area is 303 Å². The van der Waals surface area contributed by atoms with E-state index in [1.807, 2.05) is 103 Å². The highest BCUT2D eigenvalue weighted by molar-refractivity contribution is 8.12. The van der Waals surface area contributed by atoms with Crippen LogP contribution in [0, 0.1) is 0 Å². The maximum Gasteiger partial charge on any atom is 0.280 e. The number of H-pyrrole nitrogens is 1. The summed E-state index contributed by atoms with van der Waals surface area (Å²) in [4.78, 5) is 50.0. The molecular formula is C41H43N5O4S. The second-order valence-electron chi connectivity index (χ2n) is 12.9. The van der Waals surface area contributed by atoms with E-state index in [1.165, 1.54) is 10.5 Å². The minimum Gasteiger partial charge on any atom is -0.489 e. The zero-order valence-electron chi connectivity index (χ0n) is 28.5. The van der Waals surface area contributed by atoms with Gasteiger partial charge >= 0.3 is 0 Å². The van der Waals surface area contributed by atoms with Crippen LogP contribution in [0.15, 0.2) is 128 Å². The molecule has 0 aliphatic heterocycles. The Hall–Kier alpha value is -5.35. The lowest BCUT2D eigenvalue weighted by atomic mass is 9.64. The van der Waals surface area contributed by atoms with Crippen LogP contribution in [0.25, 0.3) is 0 Å². The summed E-state index contributed by atoms with van der Waals surface area (Å²) in [5, 5.41) is 5.74. The number of thioether (sulfide) groups is 1. The molecule has 6 rings (SSSR count). The number of hydrogen-bond acceptors (Lipinski definition) is 6. The zero-order valence-corrected chi connectivity index (χ0v) is 29.3. The molecule has 0 saturated heterocycles. The van der Waals surface area contributed by atoms with Gasteiger partial charge in [0, 0.05) is 36.9 Å². The standard InChI is InChI=1S/C41H43N5O4S/c47-38(43-29-41(21-10-22-41)34-15-8-3-9-16-34)26-46(25-31-17-19-36(20-18-31)50-27-32-11-4-1-5-12-32)39(48)37(23-35-24-42-30-44-35)45-40(49)51-28-33-13-6-2-7-14-33/h1-9,11-20,24,30,37H,10,21-23,25-29H2,(H,42,44)(H,43,47)(H,45,49)/t37-/m0/s1. The molecule has 1 fully saturated rings. The highest BCUT2D eigenvalue weighted by atomic mass is 32.2. The first-order chi connectivity index (χ1) is 25.0. The number of carbonyl (C=O) groups excluding carboxylic acids is 3. The molecule has 5 aromatic rings. The normalized spacial score (nSPS) is 13.7. The van der Waals surface area contributed by atoms with Crippen molar-refractivity contribution in [1.82, 2.24) is 25.5 Å². The molecule has 3 N–H and O–H groups in total. The van der Waals surface area contributed by atoms with Gasteiger partial charge in [0.05, 0.1) is 18.6 Å². The molecule has 4 aromatic carbocycles. The highest BCUT2D eigenvalue weighted by Crippen LogP contribution is 2.43. The van der Waals surface area contributed by atoms with E-state index in [4.69, 9.17) is 4.74 Å². The number of nitrogens with one attached hydrogen (secondary N) is 3. The van der Waals surface area contributed by atoms with E-state index in [9.17, 15) is 14.4 Å². The fourth-order valence-electron chi connectivity index (χ4n) is 6.26. The van der Waals surface area contributed by atoms with Crippen molar-refractivity contribution in [2.75, 3.05) is 13.1 Å². The Kier molecular flexibility index (Phi) is 12.2. The summed E-state index contributed by atoms with van der Waals surface area (Å²) in [5.74, 6) is 0.539. The Morgan fingerprint density at radius 1 is 0.843 bits per heavy atom. The quantitative estimate of drug-likeness (QED) is 0.104. The Bertz CT molecular complexity index is 1830. The molecule has 1 aliphatic carbocycles. The van der Waals surface area contributed by atoms with Gasteiger partial charge in [0.15, 0.2) is 0 Å². The third kappa shape index (κ3) is 10.1. The topological polar surface area (TPSA) is 116 Å². The van der Waals surface area contributed by atoms with Gasteiger partial charge in [-0.05, 0) is 47.2 Å². The van der Waals surface area contributed by atoms with Gasteiger partial charge in [0.2, 0.25) is 11.8 Å². The summed E-state index contributed by atoms with van der Waals surface area (Å²) in [6.07, 6.45) is 6.52. The van der Waals surface area contributed by atoms with Crippen molar-refractivity contribution in [3.8, 4) is 5.75 Å². The predicted molar refractivity (Wildman–Crippen MR) is 200 cm³/mol. The van der Waals surface area contributed by atoms with Crippen LogP contribution < -0.4 is 15.4 Å². The first-order valence-electron chi connectivity index (χ1n) is 17.3. The van der Waals surface area contributed by atoms with Gasteiger partial charge in [-0.2, -0.15) is 0 Å². The van der Waals surface area contributed by atoms with Crippen LogP contribution in [0.3, 0.4) is 0 Å². The van der Waals surface area contributed by atoms with Crippen molar-refractivity contribution in [1.29, 1.82) is 0 Å². The molecule has 51 heavy (non-hydrogen) atoms. The van der Waals surface area contributed by atoms with Crippen LogP contribution in [0.2, 0.25) is 0 Å². The van der Waals surface area contributed by atoms with Crippen LogP contribution in [0.5, 0.6) is 5.75 Å². The number of hydrogen-bond donors (Lipinski definition) is 3. The van der Waals surface area contributed by atoms with E-state index in [1.54, 1.807) is 12.5 Å². The second-order valence-corrected chi connectivity index (χ2v) is 13.9.